The number of non-ortho nitro benzene ring substituents is 1. The molecule has 0 spiro atoms. The van der Waals surface area contributed by atoms with Gasteiger partial charge in [0.05, 0.1) is 17.2 Å². The van der Waals surface area contributed by atoms with E-state index in [1.807, 2.05) is 0 Å². The van der Waals surface area contributed by atoms with Crippen molar-refractivity contribution in [1.29, 1.82) is 0 Å². The zero-order valence-electron chi connectivity index (χ0n) is 12.8. The second-order valence-corrected chi connectivity index (χ2v) is 5.74. The van der Waals surface area contributed by atoms with Crippen molar-refractivity contribution in [2.75, 3.05) is 0 Å². The van der Waals surface area contributed by atoms with Crippen molar-refractivity contribution in [1.82, 2.24) is 10.2 Å². The fourth-order valence-corrected chi connectivity index (χ4v) is 2.60. The van der Waals surface area contributed by atoms with Crippen LogP contribution in [-0.2, 0) is 6.54 Å². The molecule has 126 valence electrons. The molecule has 3 rings (SSSR count). The van der Waals surface area contributed by atoms with E-state index < -0.39 is 4.92 Å². The van der Waals surface area contributed by atoms with Crippen LogP contribution >= 0.6 is 12.2 Å². The lowest BCUT2D eigenvalue weighted by molar-refractivity contribution is -0.384. The predicted octanol–water partition coefficient (Wildman–Crippen LogP) is 3.63. The van der Waals surface area contributed by atoms with Gasteiger partial charge in [-0.1, -0.05) is 36.5 Å². The van der Waals surface area contributed by atoms with E-state index >= 15 is 0 Å². The fraction of sp³-hybridized carbons (Fsp3) is 0.0588. The summed E-state index contributed by atoms with van der Waals surface area (Å²) in [6, 6.07) is 11.3. The van der Waals surface area contributed by atoms with Gasteiger partial charge in [-0.25, -0.2) is 9.18 Å². The van der Waals surface area contributed by atoms with Gasteiger partial charge >= 0.3 is 6.03 Å². The van der Waals surface area contributed by atoms with Crippen molar-refractivity contribution >= 4 is 35.0 Å². The Bertz CT molecular complexity index is 879. The monoisotopic (exact) mass is 357 g/mol. The highest BCUT2D eigenvalue weighted by Gasteiger charge is 2.30. The number of carbonyl (C=O) groups excluding carboxylic acids is 1. The number of nitro benzene ring substituents is 1. The molecule has 0 aromatic heterocycles. The third-order valence-electron chi connectivity index (χ3n) is 3.63. The first-order chi connectivity index (χ1) is 11.9. The lowest BCUT2D eigenvalue weighted by Crippen LogP contribution is -2.29. The van der Waals surface area contributed by atoms with Crippen LogP contribution in [0.5, 0.6) is 0 Å². The Hall–Kier alpha value is -3.13. The molecule has 1 aliphatic heterocycles. The second-order valence-electron chi connectivity index (χ2n) is 5.35. The van der Waals surface area contributed by atoms with Gasteiger partial charge in [-0.05, 0) is 29.3 Å². The van der Waals surface area contributed by atoms with Gasteiger partial charge < -0.3 is 5.32 Å². The van der Waals surface area contributed by atoms with Crippen LogP contribution in [0.25, 0.3) is 6.08 Å². The summed E-state index contributed by atoms with van der Waals surface area (Å²) < 4.78 is 13.0. The number of halogens is 1. The Morgan fingerprint density at radius 2 is 1.80 bits per heavy atom. The van der Waals surface area contributed by atoms with Gasteiger partial charge in [0.15, 0.2) is 0 Å². The summed E-state index contributed by atoms with van der Waals surface area (Å²) in [6.07, 6.45) is 1.66. The van der Waals surface area contributed by atoms with E-state index in [1.165, 1.54) is 29.2 Å². The van der Waals surface area contributed by atoms with Gasteiger partial charge in [0.1, 0.15) is 10.8 Å². The number of nitro groups is 1. The van der Waals surface area contributed by atoms with Crippen LogP contribution in [0, 0.1) is 15.9 Å². The van der Waals surface area contributed by atoms with Crippen LogP contribution in [0.4, 0.5) is 14.9 Å². The molecule has 1 fully saturated rings. The number of thiocarbonyl (C=S) groups is 1. The summed E-state index contributed by atoms with van der Waals surface area (Å²) in [6.45, 7) is 0.198. The van der Waals surface area contributed by atoms with Gasteiger partial charge in [-0.15, -0.1) is 0 Å². The molecule has 2 aromatic rings. The lowest BCUT2D eigenvalue weighted by Gasteiger charge is -2.13. The minimum atomic E-state index is -0.486. The standard InChI is InChI=1S/C17H12FN3O3S/c18-13-5-1-11(2-6-13)9-15-16(25)20(17(22)19-15)10-12-3-7-14(8-4-12)21(23)24/h1-9H,10H2,(H,19,22). The van der Waals surface area contributed by atoms with E-state index in [0.717, 1.165) is 0 Å². The third-order valence-corrected chi connectivity index (χ3v) is 4.07. The van der Waals surface area contributed by atoms with E-state index in [2.05, 4.69) is 5.32 Å². The van der Waals surface area contributed by atoms with Gasteiger partial charge in [0.25, 0.3) is 5.69 Å². The average molecular weight is 357 g/mol. The molecule has 0 bridgehead atoms. The number of amides is 2. The highest BCUT2D eigenvalue weighted by Crippen LogP contribution is 2.20. The third kappa shape index (κ3) is 3.69. The van der Waals surface area contributed by atoms with Crippen molar-refractivity contribution in [3.8, 4) is 0 Å². The Balaban J connectivity index is 1.77. The van der Waals surface area contributed by atoms with E-state index in [9.17, 15) is 19.3 Å². The first kappa shape index (κ1) is 16.7. The Morgan fingerprint density at radius 3 is 2.40 bits per heavy atom. The van der Waals surface area contributed by atoms with Gasteiger partial charge in [-0.3, -0.25) is 15.0 Å². The van der Waals surface area contributed by atoms with Crippen LogP contribution in [0.2, 0.25) is 0 Å². The summed E-state index contributed by atoms with van der Waals surface area (Å²) in [5.41, 5.74) is 1.85. The number of benzene rings is 2. The number of carbonyl (C=O) groups is 1. The number of rotatable bonds is 4. The van der Waals surface area contributed by atoms with E-state index in [0.29, 0.717) is 21.8 Å². The van der Waals surface area contributed by atoms with Crippen LogP contribution in [0.15, 0.2) is 54.2 Å². The van der Waals surface area contributed by atoms with Gasteiger partial charge in [0, 0.05) is 12.1 Å². The summed E-state index contributed by atoms with van der Waals surface area (Å²) in [7, 11) is 0. The molecular weight excluding hydrogens is 345 g/mol. The zero-order chi connectivity index (χ0) is 18.0. The largest absolute Gasteiger partial charge is 0.327 e. The van der Waals surface area contributed by atoms with Gasteiger partial charge in [-0.2, -0.15) is 0 Å². The van der Waals surface area contributed by atoms with E-state index in [-0.39, 0.29) is 24.1 Å². The van der Waals surface area contributed by atoms with Gasteiger partial charge in [0.2, 0.25) is 0 Å². The molecular formula is C17H12FN3O3S. The number of nitrogens with zero attached hydrogens (tertiary/aromatic N) is 2. The van der Waals surface area contributed by atoms with Crippen LogP contribution in [0.3, 0.4) is 0 Å². The normalized spacial score (nSPS) is 15.6. The molecule has 0 aliphatic carbocycles. The Labute approximate surface area is 147 Å². The number of nitrogens with one attached hydrogen (secondary N) is 1. The summed E-state index contributed by atoms with van der Waals surface area (Å²) in [4.78, 5) is 24.0. The van der Waals surface area contributed by atoms with Crippen molar-refractivity contribution in [2.24, 2.45) is 0 Å². The van der Waals surface area contributed by atoms with Crippen molar-refractivity contribution in [2.45, 2.75) is 6.54 Å². The maximum absolute atomic E-state index is 13.0. The molecule has 2 aromatic carbocycles. The Kier molecular flexibility index (Phi) is 4.53. The van der Waals surface area contributed by atoms with E-state index in [1.54, 1.807) is 30.3 Å². The second kappa shape index (κ2) is 6.78. The molecule has 0 radical (unpaired) electrons. The van der Waals surface area contributed by atoms with Crippen LogP contribution in [0.1, 0.15) is 11.1 Å². The molecule has 0 atom stereocenters. The first-order valence-electron chi connectivity index (χ1n) is 7.27. The fourth-order valence-electron chi connectivity index (χ4n) is 2.35. The number of hydrogen-bond acceptors (Lipinski definition) is 4. The maximum Gasteiger partial charge on any atom is 0.327 e. The average Bonchev–Trinajstić information content (AvgIpc) is 2.85. The molecule has 6 nitrogen and oxygen atoms in total. The summed E-state index contributed by atoms with van der Waals surface area (Å²) in [5, 5.41) is 13.3. The molecule has 0 unspecified atom stereocenters. The van der Waals surface area contributed by atoms with Crippen LogP contribution < -0.4 is 5.32 Å². The molecule has 1 heterocycles. The highest BCUT2D eigenvalue weighted by molar-refractivity contribution is 7.80. The molecule has 2 amide bonds. The quantitative estimate of drug-likeness (QED) is 0.392. The van der Waals surface area contributed by atoms with Crippen molar-refractivity contribution in [3.05, 3.63) is 81.3 Å². The minimum Gasteiger partial charge on any atom is -0.305 e. The number of urea groups is 1. The maximum atomic E-state index is 13.0. The number of hydrogen-bond donors (Lipinski definition) is 1. The Morgan fingerprint density at radius 1 is 1.16 bits per heavy atom. The smallest absolute Gasteiger partial charge is 0.305 e. The molecule has 1 N–H and O–H groups in total. The van der Waals surface area contributed by atoms with Crippen molar-refractivity contribution in [3.63, 3.8) is 0 Å². The molecule has 8 heteroatoms. The van der Waals surface area contributed by atoms with Crippen molar-refractivity contribution < 1.29 is 14.1 Å². The molecule has 1 aliphatic rings. The topological polar surface area (TPSA) is 75.5 Å². The first-order valence-corrected chi connectivity index (χ1v) is 7.68. The molecule has 25 heavy (non-hydrogen) atoms. The van der Waals surface area contributed by atoms with Crippen LogP contribution in [-0.4, -0.2) is 20.8 Å². The SMILES string of the molecule is O=C1NC(=Cc2ccc(F)cc2)C(=S)N1Cc1ccc([N+](=O)[O-])cc1. The summed E-state index contributed by atoms with van der Waals surface area (Å²) in [5.74, 6) is -0.347. The predicted molar refractivity (Wildman–Crippen MR) is 94.1 cm³/mol. The molecule has 0 saturated carbocycles. The molecule has 1 saturated heterocycles. The van der Waals surface area contributed by atoms with E-state index in [4.69, 9.17) is 12.2 Å². The zero-order valence-corrected chi connectivity index (χ0v) is 13.6. The summed E-state index contributed by atoms with van der Waals surface area (Å²) >= 11 is 5.32. The minimum absolute atomic E-state index is 0.0194. The highest BCUT2D eigenvalue weighted by atomic mass is 32.1. The lowest BCUT2D eigenvalue weighted by atomic mass is 10.2.